The Hall–Kier alpha value is -1.09. The van der Waals surface area contributed by atoms with Crippen molar-refractivity contribution in [2.45, 2.75) is 51.2 Å². The van der Waals surface area contributed by atoms with Crippen LogP contribution in [-0.2, 0) is 0 Å². The van der Waals surface area contributed by atoms with Crippen molar-refractivity contribution in [1.82, 2.24) is 4.90 Å². The van der Waals surface area contributed by atoms with E-state index in [0.717, 1.165) is 24.6 Å². The summed E-state index contributed by atoms with van der Waals surface area (Å²) in [5.74, 6) is -0.132. The van der Waals surface area contributed by atoms with E-state index in [9.17, 15) is 4.39 Å². The molecule has 1 N–H and O–H groups in total. The molecule has 0 amide bonds. The first-order valence-corrected chi connectivity index (χ1v) is 6.92. The molecule has 1 aliphatic heterocycles. The van der Waals surface area contributed by atoms with Crippen molar-refractivity contribution in [2.75, 3.05) is 11.9 Å². The first-order chi connectivity index (χ1) is 8.65. The first-order valence-electron chi connectivity index (χ1n) is 6.92. The zero-order chi connectivity index (χ0) is 12.7. The van der Waals surface area contributed by atoms with Crippen LogP contribution in [0.3, 0.4) is 0 Å². The average molecular weight is 248 g/mol. The highest BCUT2D eigenvalue weighted by atomic mass is 19.1. The zero-order valence-electron chi connectivity index (χ0n) is 11.1. The maximum Gasteiger partial charge on any atom is 0.146 e. The maximum atomic E-state index is 13.8. The largest absolute Gasteiger partial charge is 0.378 e. The standard InChI is InChI=1S/C15H21FN2/c1-10-4-3-5-14(16)15(10)17-12-8-11(2)18(9-12)13-6-7-13/h3-5,11-13,17H,6-9H2,1-2H3. The van der Waals surface area contributed by atoms with Gasteiger partial charge in [-0.2, -0.15) is 0 Å². The van der Waals surface area contributed by atoms with Gasteiger partial charge in [-0.25, -0.2) is 4.39 Å². The molecule has 0 spiro atoms. The normalized spacial score (nSPS) is 28.6. The smallest absolute Gasteiger partial charge is 0.146 e. The van der Waals surface area contributed by atoms with Crippen LogP contribution in [0.25, 0.3) is 0 Å². The summed E-state index contributed by atoms with van der Waals surface area (Å²) in [7, 11) is 0. The van der Waals surface area contributed by atoms with Gasteiger partial charge in [0.1, 0.15) is 5.82 Å². The number of nitrogens with one attached hydrogen (secondary N) is 1. The third-order valence-electron chi connectivity index (χ3n) is 4.21. The molecule has 1 aromatic rings. The third-order valence-corrected chi connectivity index (χ3v) is 4.21. The zero-order valence-corrected chi connectivity index (χ0v) is 11.1. The lowest BCUT2D eigenvalue weighted by Crippen LogP contribution is -2.31. The van der Waals surface area contributed by atoms with Gasteiger partial charge in [0.15, 0.2) is 0 Å². The minimum absolute atomic E-state index is 0.132. The van der Waals surface area contributed by atoms with Crippen molar-refractivity contribution in [3.63, 3.8) is 0 Å². The fraction of sp³-hybridized carbons (Fsp3) is 0.600. The number of likely N-dealkylation sites (tertiary alicyclic amines) is 1. The molecule has 1 aromatic carbocycles. The molecule has 98 valence electrons. The highest BCUT2D eigenvalue weighted by molar-refractivity contribution is 5.52. The number of halogens is 1. The fourth-order valence-electron chi connectivity index (χ4n) is 3.09. The summed E-state index contributed by atoms with van der Waals surface area (Å²) in [6, 6.07) is 7.07. The van der Waals surface area contributed by atoms with E-state index >= 15 is 0 Å². The minimum Gasteiger partial charge on any atom is -0.378 e. The maximum absolute atomic E-state index is 13.8. The van der Waals surface area contributed by atoms with Crippen molar-refractivity contribution in [3.05, 3.63) is 29.6 Å². The number of nitrogens with zero attached hydrogens (tertiary/aromatic N) is 1. The molecule has 2 unspecified atom stereocenters. The molecule has 2 fully saturated rings. The van der Waals surface area contributed by atoms with Crippen LogP contribution in [0, 0.1) is 12.7 Å². The molecule has 0 radical (unpaired) electrons. The van der Waals surface area contributed by atoms with E-state index in [2.05, 4.69) is 17.1 Å². The van der Waals surface area contributed by atoms with Crippen LogP contribution in [0.2, 0.25) is 0 Å². The topological polar surface area (TPSA) is 15.3 Å². The third kappa shape index (κ3) is 2.24. The summed E-state index contributed by atoms with van der Waals surface area (Å²) >= 11 is 0. The molecule has 1 saturated heterocycles. The molecule has 1 aliphatic carbocycles. The van der Waals surface area contributed by atoms with Crippen LogP contribution in [0.5, 0.6) is 0 Å². The lowest BCUT2D eigenvalue weighted by Gasteiger charge is -2.20. The molecule has 0 bridgehead atoms. The fourth-order valence-corrected chi connectivity index (χ4v) is 3.09. The van der Waals surface area contributed by atoms with Crippen molar-refractivity contribution >= 4 is 5.69 Å². The van der Waals surface area contributed by atoms with Gasteiger partial charge in [0.05, 0.1) is 5.69 Å². The molecule has 2 nitrogen and oxygen atoms in total. The number of hydrogen-bond acceptors (Lipinski definition) is 2. The number of para-hydroxylation sites is 1. The van der Waals surface area contributed by atoms with Gasteiger partial charge in [0.25, 0.3) is 0 Å². The van der Waals surface area contributed by atoms with Gasteiger partial charge in [-0.05, 0) is 44.7 Å². The molecule has 3 rings (SSSR count). The molecule has 2 atom stereocenters. The van der Waals surface area contributed by atoms with E-state index in [1.165, 1.54) is 18.9 Å². The number of rotatable bonds is 3. The molecular weight excluding hydrogens is 227 g/mol. The summed E-state index contributed by atoms with van der Waals surface area (Å²) in [5.41, 5.74) is 1.68. The van der Waals surface area contributed by atoms with E-state index in [4.69, 9.17) is 0 Å². The second-order valence-electron chi connectivity index (χ2n) is 5.79. The molecule has 0 aromatic heterocycles. The Bertz CT molecular complexity index is 422. The van der Waals surface area contributed by atoms with Gasteiger partial charge >= 0.3 is 0 Å². The van der Waals surface area contributed by atoms with E-state index in [0.29, 0.717) is 17.8 Å². The summed E-state index contributed by atoms with van der Waals surface area (Å²) in [6.45, 7) is 5.30. The Kier molecular flexibility index (Phi) is 3.02. The highest BCUT2D eigenvalue weighted by Gasteiger charge is 2.38. The molecular formula is C15H21FN2. The van der Waals surface area contributed by atoms with Gasteiger partial charge < -0.3 is 5.32 Å². The Morgan fingerprint density at radius 3 is 2.78 bits per heavy atom. The van der Waals surface area contributed by atoms with Crippen LogP contribution in [0.1, 0.15) is 31.7 Å². The van der Waals surface area contributed by atoms with Crippen LogP contribution < -0.4 is 5.32 Å². The quantitative estimate of drug-likeness (QED) is 0.884. The summed E-state index contributed by atoms with van der Waals surface area (Å²) in [5, 5.41) is 3.40. The summed E-state index contributed by atoms with van der Waals surface area (Å²) < 4.78 is 13.8. The predicted octanol–water partition coefficient (Wildman–Crippen LogP) is 3.17. The lowest BCUT2D eigenvalue weighted by molar-refractivity contribution is 0.257. The molecule has 1 heterocycles. The van der Waals surface area contributed by atoms with E-state index in [-0.39, 0.29) is 5.82 Å². The van der Waals surface area contributed by atoms with Crippen LogP contribution >= 0.6 is 0 Å². The highest BCUT2D eigenvalue weighted by Crippen LogP contribution is 2.34. The van der Waals surface area contributed by atoms with E-state index < -0.39 is 0 Å². The lowest BCUT2D eigenvalue weighted by atomic mass is 10.1. The monoisotopic (exact) mass is 248 g/mol. The Balaban J connectivity index is 1.70. The molecule has 2 aliphatic rings. The average Bonchev–Trinajstić information content (AvgIpc) is 3.09. The number of aryl methyl sites for hydroxylation is 1. The Morgan fingerprint density at radius 1 is 1.33 bits per heavy atom. The van der Waals surface area contributed by atoms with E-state index in [1.807, 2.05) is 13.0 Å². The van der Waals surface area contributed by atoms with Crippen molar-refractivity contribution < 1.29 is 4.39 Å². The minimum atomic E-state index is -0.132. The number of anilines is 1. The van der Waals surface area contributed by atoms with E-state index in [1.54, 1.807) is 6.07 Å². The van der Waals surface area contributed by atoms with Gasteiger partial charge in [-0.15, -0.1) is 0 Å². The van der Waals surface area contributed by atoms with Crippen LogP contribution in [0.4, 0.5) is 10.1 Å². The number of benzene rings is 1. The molecule has 1 saturated carbocycles. The van der Waals surface area contributed by atoms with Gasteiger partial charge in [-0.3, -0.25) is 4.90 Å². The van der Waals surface area contributed by atoms with Crippen molar-refractivity contribution in [3.8, 4) is 0 Å². The first kappa shape index (κ1) is 12.0. The predicted molar refractivity (Wildman–Crippen MR) is 72.4 cm³/mol. The summed E-state index contributed by atoms with van der Waals surface area (Å²) in [6.07, 6.45) is 3.80. The second-order valence-corrected chi connectivity index (χ2v) is 5.79. The Labute approximate surface area is 108 Å². The van der Waals surface area contributed by atoms with Crippen molar-refractivity contribution in [2.24, 2.45) is 0 Å². The molecule has 3 heteroatoms. The SMILES string of the molecule is Cc1cccc(F)c1NC1CC(C)N(C2CC2)C1. The summed E-state index contributed by atoms with van der Waals surface area (Å²) in [4.78, 5) is 2.58. The van der Waals surface area contributed by atoms with Crippen molar-refractivity contribution in [1.29, 1.82) is 0 Å². The van der Waals surface area contributed by atoms with Gasteiger partial charge in [0.2, 0.25) is 0 Å². The second kappa shape index (κ2) is 4.54. The van der Waals surface area contributed by atoms with Gasteiger partial charge in [-0.1, -0.05) is 12.1 Å². The number of hydrogen-bond donors (Lipinski definition) is 1. The Morgan fingerprint density at radius 2 is 2.11 bits per heavy atom. The van der Waals surface area contributed by atoms with Crippen LogP contribution in [0.15, 0.2) is 18.2 Å². The van der Waals surface area contributed by atoms with Crippen LogP contribution in [-0.4, -0.2) is 29.6 Å². The van der Waals surface area contributed by atoms with Gasteiger partial charge in [0, 0.05) is 24.7 Å². The molecule has 18 heavy (non-hydrogen) atoms.